The van der Waals surface area contributed by atoms with Gasteiger partial charge in [0, 0.05) is 12.0 Å². The largest absolute Gasteiger partial charge is 0.493 e. The van der Waals surface area contributed by atoms with Gasteiger partial charge in [-0.15, -0.1) is 0 Å². The molecule has 1 fully saturated rings. The molecular formula is C23H27Cl2NO9S. The summed E-state index contributed by atoms with van der Waals surface area (Å²) >= 11 is 12.3. The van der Waals surface area contributed by atoms with Crippen LogP contribution in [0.25, 0.3) is 0 Å². The predicted molar refractivity (Wildman–Crippen MR) is 132 cm³/mol. The summed E-state index contributed by atoms with van der Waals surface area (Å²) in [6.07, 6.45) is -1.91. The Morgan fingerprint density at radius 2 is 1.81 bits per heavy atom. The number of methoxy groups -OCH3 is 3. The smallest absolute Gasteiger partial charge is 0.266 e. The molecule has 2 aromatic rings. The zero-order valence-electron chi connectivity index (χ0n) is 20.1. The fourth-order valence-electron chi connectivity index (χ4n) is 3.89. The Hall–Kier alpha value is -2.28. The van der Waals surface area contributed by atoms with Gasteiger partial charge in [0.25, 0.3) is 16.0 Å². The third-order valence-corrected chi connectivity index (χ3v) is 6.76. The molecule has 3 atom stereocenters. The van der Waals surface area contributed by atoms with Gasteiger partial charge in [0.05, 0.1) is 55.8 Å². The van der Waals surface area contributed by atoms with Crippen molar-refractivity contribution in [1.82, 2.24) is 4.90 Å². The summed E-state index contributed by atoms with van der Waals surface area (Å²) in [6.45, 7) is 0.132. The molecule has 0 radical (unpaired) electrons. The zero-order valence-corrected chi connectivity index (χ0v) is 22.4. The second kappa shape index (κ2) is 11.8. The van der Waals surface area contributed by atoms with Gasteiger partial charge in [-0.1, -0.05) is 29.3 Å². The predicted octanol–water partition coefficient (Wildman–Crippen LogP) is 3.63. The lowest BCUT2D eigenvalue weighted by molar-refractivity contribution is -0.0391. The van der Waals surface area contributed by atoms with Crippen molar-refractivity contribution in [3.63, 3.8) is 0 Å². The summed E-state index contributed by atoms with van der Waals surface area (Å²) in [5.41, 5.74) is 0.789. The summed E-state index contributed by atoms with van der Waals surface area (Å²) in [5.74, 6) is 0.423. The molecule has 3 unspecified atom stereocenters. The number of halogens is 2. The number of amides is 1. The minimum atomic E-state index is -3.83. The average molecular weight is 564 g/mol. The van der Waals surface area contributed by atoms with E-state index in [0.29, 0.717) is 16.3 Å². The molecule has 2 aromatic carbocycles. The minimum absolute atomic E-state index is 0.0342. The highest BCUT2D eigenvalue weighted by Gasteiger charge is 2.39. The van der Waals surface area contributed by atoms with Gasteiger partial charge in [0.2, 0.25) is 5.75 Å². The molecular weight excluding hydrogens is 537 g/mol. The maximum atomic E-state index is 13.8. The van der Waals surface area contributed by atoms with Gasteiger partial charge < -0.3 is 29.0 Å². The quantitative estimate of drug-likeness (QED) is 0.341. The number of ether oxygens (including phenoxy) is 4. The lowest BCUT2D eigenvalue weighted by atomic mass is 10.1. The highest BCUT2D eigenvalue weighted by atomic mass is 35.5. The monoisotopic (exact) mass is 563 g/mol. The van der Waals surface area contributed by atoms with Crippen molar-refractivity contribution >= 4 is 39.2 Å². The maximum Gasteiger partial charge on any atom is 0.266 e. The van der Waals surface area contributed by atoms with E-state index in [2.05, 4.69) is 4.18 Å². The first-order chi connectivity index (χ1) is 17.0. The van der Waals surface area contributed by atoms with Crippen molar-refractivity contribution in [2.24, 2.45) is 0 Å². The van der Waals surface area contributed by atoms with Crippen LogP contribution in [-0.4, -0.2) is 70.9 Å². The van der Waals surface area contributed by atoms with Gasteiger partial charge in [-0.2, -0.15) is 8.42 Å². The molecule has 3 rings (SSSR count). The highest BCUT2D eigenvalue weighted by molar-refractivity contribution is 7.86. The van der Waals surface area contributed by atoms with Crippen molar-refractivity contribution in [2.45, 2.75) is 31.5 Å². The fraction of sp³-hybridized carbons (Fsp3) is 0.435. The van der Waals surface area contributed by atoms with E-state index in [-0.39, 0.29) is 41.5 Å². The van der Waals surface area contributed by atoms with E-state index < -0.39 is 34.6 Å². The van der Waals surface area contributed by atoms with E-state index in [0.717, 1.165) is 6.26 Å². The number of hydrogen-bond donors (Lipinski definition) is 1. The van der Waals surface area contributed by atoms with Crippen LogP contribution in [-0.2, 0) is 19.0 Å². The van der Waals surface area contributed by atoms with Crippen molar-refractivity contribution in [3.05, 3.63) is 51.5 Å². The van der Waals surface area contributed by atoms with Gasteiger partial charge in [-0.05, 0) is 30.7 Å². The Bertz CT molecular complexity index is 1210. The second-order valence-corrected chi connectivity index (χ2v) is 10.4. The molecule has 0 aliphatic carbocycles. The number of nitrogens with zero attached hydrogens (tertiary/aromatic N) is 1. The van der Waals surface area contributed by atoms with E-state index in [1.807, 2.05) is 0 Å². The van der Waals surface area contributed by atoms with Crippen LogP contribution in [0.4, 0.5) is 0 Å². The molecule has 1 saturated heterocycles. The lowest BCUT2D eigenvalue weighted by Crippen LogP contribution is -2.32. The topological polar surface area (TPSA) is 121 Å². The number of carbonyl (C=O) groups excluding carboxylic acids is 1. The number of rotatable bonds is 10. The molecule has 1 N–H and O–H groups in total. The van der Waals surface area contributed by atoms with Gasteiger partial charge in [0.15, 0.2) is 24.0 Å². The van der Waals surface area contributed by atoms with Crippen LogP contribution in [0.1, 0.15) is 35.0 Å². The van der Waals surface area contributed by atoms with Crippen LogP contribution in [0, 0.1) is 0 Å². The zero-order chi connectivity index (χ0) is 26.6. The van der Waals surface area contributed by atoms with Crippen molar-refractivity contribution in [2.75, 3.05) is 34.1 Å². The highest BCUT2D eigenvalue weighted by Crippen LogP contribution is 2.42. The summed E-state index contributed by atoms with van der Waals surface area (Å²) < 4.78 is 49.4. The number of hydrogen-bond acceptors (Lipinski definition) is 9. The first-order valence-electron chi connectivity index (χ1n) is 10.8. The Morgan fingerprint density at radius 3 is 2.39 bits per heavy atom. The molecule has 0 bridgehead atoms. The molecule has 36 heavy (non-hydrogen) atoms. The standard InChI is InChI=1S/C23H27Cl2NO9S/c1-31-18-9-7-15(20(32-2)21(18)33-3)22(28)26-12-14(6-10-19(27)35-36(4,29)30)34-23(26)13-5-8-16(24)17(25)11-13/h5,7-9,11,14,19,23,27H,6,10,12H2,1-4H3. The number of carbonyl (C=O) groups is 1. The van der Waals surface area contributed by atoms with Crippen LogP contribution in [0.15, 0.2) is 30.3 Å². The molecule has 0 aromatic heterocycles. The minimum Gasteiger partial charge on any atom is -0.493 e. The Balaban J connectivity index is 1.93. The Morgan fingerprint density at radius 1 is 1.11 bits per heavy atom. The first-order valence-corrected chi connectivity index (χ1v) is 13.3. The van der Waals surface area contributed by atoms with E-state index in [1.54, 1.807) is 30.3 Å². The summed E-state index contributed by atoms with van der Waals surface area (Å²) in [7, 11) is 0.492. The van der Waals surface area contributed by atoms with Crippen LogP contribution < -0.4 is 14.2 Å². The first kappa shape index (κ1) is 28.3. The van der Waals surface area contributed by atoms with Crippen molar-refractivity contribution in [3.8, 4) is 17.2 Å². The molecule has 0 saturated carbocycles. The van der Waals surface area contributed by atoms with Crippen LogP contribution in [0.3, 0.4) is 0 Å². The lowest BCUT2D eigenvalue weighted by Gasteiger charge is -2.25. The van der Waals surface area contributed by atoms with E-state index in [4.69, 9.17) is 42.1 Å². The molecule has 10 nitrogen and oxygen atoms in total. The van der Waals surface area contributed by atoms with Crippen LogP contribution >= 0.6 is 23.2 Å². The van der Waals surface area contributed by atoms with E-state index in [1.165, 1.54) is 26.2 Å². The van der Waals surface area contributed by atoms with E-state index >= 15 is 0 Å². The molecule has 1 amide bonds. The SMILES string of the molecule is COc1ccc(C(=O)N2CC(CCC(O)OS(C)(=O)=O)OC2c2ccc(Cl)c(Cl)c2)c(OC)c1OC. The maximum absolute atomic E-state index is 13.8. The molecule has 1 heterocycles. The molecule has 198 valence electrons. The summed E-state index contributed by atoms with van der Waals surface area (Å²) in [5, 5.41) is 10.5. The third-order valence-electron chi connectivity index (χ3n) is 5.45. The van der Waals surface area contributed by atoms with Gasteiger partial charge in [0.1, 0.15) is 0 Å². The fourth-order valence-corrected chi connectivity index (χ4v) is 4.70. The van der Waals surface area contributed by atoms with Crippen molar-refractivity contribution < 1.29 is 41.4 Å². The molecule has 13 heteroatoms. The second-order valence-electron chi connectivity index (χ2n) is 7.96. The Labute approximate surface area is 219 Å². The van der Waals surface area contributed by atoms with Crippen LogP contribution in [0.5, 0.6) is 17.2 Å². The molecule has 1 aliphatic heterocycles. The third kappa shape index (κ3) is 6.53. The van der Waals surface area contributed by atoms with Gasteiger partial charge >= 0.3 is 0 Å². The van der Waals surface area contributed by atoms with Crippen molar-refractivity contribution in [1.29, 1.82) is 0 Å². The summed E-state index contributed by atoms with van der Waals surface area (Å²) in [4.78, 5) is 15.2. The normalized spacial score (nSPS) is 18.7. The van der Waals surface area contributed by atoms with Gasteiger partial charge in [-0.3, -0.25) is 4.79 Å². The molecule has 0 spiro atoms. The summed E-state index contributed by atoms with van der Waals surface area (Å²) in [6, 6.07) is 8.04. The number of aliphatic hydroxyl groups excluding tert-OH is 1. The average Bonchev–Trinajstić information content (AvgIpc) is 3.26. The molecule has 1 aliphatic rings. The van der Waals surface area contributed by atoms with Gasteiger partial charge in [-0.25, -0.2) is 4.18 Å². The number of benzene rings is 2. The Kier molecular flexibility index (Phi) is 9.31. The number of aliphatic hydroxyl groups is 1. The van der Waals surface area contributed by atoms with E-state index in [9.17, 15) is 18.3 Å². The van der Waals surface area contributed by atoms with Crippen LogP contribution in [0.2, 0.25) is 10.0 Å².